The largest absolute Gasteiger partial charge is 0.478 e. The van der Waals surface area contributed by atoms with Crippen LogP contribution < -0.4 is 5.32 Å². The van der Waals surface area contributed by atoms with Crippen LogP contribution in [0, 0.1) is 5.92 Å². The van der Waals surface area contributed by atoms with Crippen molar-refractivity contribution < 1.29 is 9.90 Å². The Bertz CT molecular complexity index is 423. The molecule has 100 valence electrons. The number of hydrogen-bond acceptors (Lipinski definition) is 3. The number of rotatable bonds is 6. The third-order valence-corrected chi connectivity index (χ3v) is 3.35. The van der Waals surface area contributed by atoms with Crippen LogP contribution >= 0.6 is 15.9 Å². The van der Waals surface area contributed by atoms with E-state index in [1.54, 1.807) is 12.3 Å². The number of carboxylic acid groups (broad SMARTS) is 1. The predicted octanol–water partition coefficient (Wildman–Crippen LogP) is 3.78. The normalized spacial score (nSPS) is 14.0. The van der Waals surface area contributed by atoms with Gasteiger partial charge in [-0.05, 0) is 41.3 Å². The van der Waals surface area contributed by atoms with Gasteiger partial charge in [0.25, 0.3) is 0 Å². The Morgan fingerprint density at radius 2 is 2.22 bits per heavy atom. The Labute approximate surface area is 116 Å². The Morgan fingerprint density at radius 1 is 1.56 bits per heavy atom. The molecule has 0 amide bonds. The average molecular weight is 315 g/mol. The van der Waals surface area contributed by atoms with Crippen molar-refractivity contribution in [3.63, 3.8) is 0 Å². The molecule has 2 N–H and O–H groups in total. The van der Waals surface area contributed by atoms with E-state index in [2.05, 4.69) is 40.1 Å². The van der Waals surface area contributed by atoms with Crippen molar-refractivity contribution in [1.29, 1.82) is 0 Å². The molecule has 1 heterocycles. The molecule has 0 radical (unpaired) electrons. The summed E-state index contributed by atoms with van der Waals surface area (Å²) in [6.07, 6.45) is 3.71. The highest BCUT2D eigenvalue weighted by Gasteiger charge is 2.15. The van der Waals surface area contributed by atoms with Gasteiger partial charge in [0.15, 0.2) is 0 Å². The van der Waals surface area contributed by atoms with E-state index < -0.39 is 5.97 Å². The van der Waals surface area contributed by atoms with E-state index in [1.165, 1.54) is 0 Å². The fourth-order valence-corrected chi connectivity index (χ4v) is 2.11. The van der Waals surface area contributed by atoms with E-state index >= 15 is 0 Å². The van der Waals surface area contributed by atoms with Crippen LogP contribution in [0.2, 0.25) is 0 Å². The summed E-state index contributed by atoms with van der Waals surface area (Å²) in [5.41, 5.74) is 0.195. The van der Waals surface area contributed by atoms with Crippen molar-refractivity contribution in [2.45, 2.75) is 39.7 Å². The Morgan fingerprint density at radius 3 is 2.78 bits per heavy atom. The summed E-state index contributed by atoms with van der Waals surface area (Å²) >= 11 is 3.23. The number of hydrogen-bond donors (Lipinski definition) is 2. The first-order chi connectivity index (χ1) is 8.43. The summed E-state index contributed by atoms with van der Waals surface area (Å²) < 4.78 is 0.667. The van der Waals surface area contributed by atoms with E-state index in [4.69, 9.17) is 5.11 Å². The van der Waals surface area contributed by atoms with Gasteiger partial charge in [-0.3, -0.25) is 0 Å². The number of anilines is 1. The molecule has 0 saturated heterocycles. The standard InChI is InChI=1S/C13H19BrN2O2/c1-4-8(2)5-9(3)16-12-11(13(17)18)6-10(14)7-15-12/h6-9H,4-5H2,1-3H3,(H,15,16)(H,17,18). The smallest absolute Gasteiger partial charge is 0.339 e. The molecule has 0 spiro atoms. The molecule has 0 aliphatic carbocycles. The molecule has 0 fully saturated rings. The molecular weight excluding hydrogens is 296 g/mol. The number of carbonyl (C=O) groups is 1. The molecule has 1 aromatic rings. The lowest BCUT2D eigenvalue weighted by molar-refractivity contribution is 0.0697. The maximum absolute atomic E-state index is 11.1. The maximum Gasteiger partial charge on any atom is 0.339 e. The summed E-state index contributed by atoms with van der Waals surface area (Å²) in [6.45, 7) is 6.38. The highest BCUT2D eigenvalue weighted by molar-refractivity contribution is 9.10. The molecule has 0 saturated carbocycles. The van der Waals surface area contributed by atoms with Gasteiger partial charge in [0.2, 0.25) is 0 Å². The van der Waals surface area contributed by atoms with Gasteiger partial charge >= 0.3 is 5.97 Å². The van der Waals surface area contributed by atoms with E-state index in [0.717, 1.165) is 12.8 Å². The second-order valence-corrected chi connectivity index (χ2v) is 5.57. The SMILES string of the molecule is CCC(C)CC(C)Nc1ncc(Br)cc1C(=O)O. The van der Waals surface area contributed by atoms with Crippen LogP contribution in [0.1, 0.15) is 44.0 Å². The van der Waals surface area contributed by atoms with Crippen LogP contribution in [-0.2, 0) is 0 Å². The lowest BCUT2D eigenvalue weighted by atomic mass is 10.0. The van der Waals surface area contributed by atoms with Crippen LogP contribution in [0.5, 0.6) is 0 Å². The molecule has 2 atom stereocenters. The molecule has 1 rings (SSSR count). The topological polar surface area (TPSA) is 62.2 Å². The van der Waals surface area contributed by atoms with Crippen LogP contribution in [-0.4, -0.2) is 22.1 Å². The first kappa shape index (κ1) is 15.0. The highest BCUT2D eigenvalue weighted by atomic mass is 79.9. The van der Waals surface area contributed by atoms with Crippen LogP contribution in [0.15, 0.2) is 16.7 Å². The first-order valence-electron chi connectivity index (χ1n) is 6.09. The molecule has 0 aromatic carbocycles. The van der Waals surface area contributed by atoms with Crippen molar-refractivity contribution in [3.8, 4) is 0 Å². The monoisotopic (exact) mass is 314 g/mol. The summed E-state index contributed by atoms with van der Waals surface area (Å²) in [7, 11) is 0. The van der Waals surface area contributed by atoms with Crippen LogP contribution in [0.3, 0.4) is 0 Å². The molecular formula is C13H19BrN2O2. The minimum absolute atomic E-state index is 0.195. The lowest BCUT2D eigenvalue weighted by Gasteiger charge is -2.19. The molecule has 18 heavy (non-hydrogen) atoms. The van der Waals surface area contributed by atoms with Gasteiger partial charge in [-0.25, -0.2) is 9.78 Å². The quantitative estimate of drug-likeness (QED) is 0.838. The number of aromatic carboxylic acids is 1. The lowest BCUT2D eigenvalue weighted by Crippen LogP contribution is -2.20. The van der Waals surface area contributed by atoms with Gasteiger partial charge in [0, 0.05) is 16.7 Å². The second-order valence-electron chi connectivity index (χ2n) is 4.65. The third kappa shape index (κ3) is 4.29. The summed E-state index contributed by atoms with van der Waals surface area (Å²) in [4.78, 5) is 15.3. The number of aromatic nitrogens is 1. The minimum Gasteiger partial charge on any atom is -0.478 e. The Hall–Kier alpha value is -1.10. The van der Waals surface area contributed by atoms with Crippen molar-refractivity contribution in [1.82, 2.24) is 4.98 Å². The molecule has 0 bridgehead atoms. The molecule has 1 aromatic heterocycles. The van der Waals surface area contributed by atoms with Gasteiger partial charge in [-0.1, -0.05) is 20.3 Å². The summed E-state index contributed by atoms with van der Waals surface area (Å²) in [5, 5.41) is 12.3. The van der Waals surface area contributed by atoms with E-state index in [1.807, 2.05) is 6.92 Å². The van der Waals surface area contributed by atoms with Gasteiger partial charge in [-0.15, -0.1) is 0 Å². The summed E-state index contributed by atoms with van der Waals surface area (Å²) in [5.74, 6) is 0.0692. The third-order valence-electron chi connectivity index (χ3n) is 2.92. The van der Waals surface area contributed by atoms with E-state index in [0.29, 0.717) is 16.2 Å². The minimum atomic E-state index is -0.970. The highest BCUT2D eigenvalue weighted by Crippen LogP contribution is 2.20. The maximum atomic E-state index is 11.1. The molecule has 2 unspecified atom stereocenters. The fraction of sp³-hybridized carbons (Fsp3) is 0.538. The zero-order valence-corrected chi connectivity index (χ0v) is 12.5. The number of nitrogens with zero attached hydrogens (tertiary/aromatic N) is 1. The molecule has 5 heteroatoms. The van der Waals surface area contributed by atoms with E-state index in [9.17, 15) is 4.79 Å². The van der Waals surface area contributed by atoms with Crippen LogP contribution in [0.4, 0.5) is 5.82 Å². The predicted molar refractivity (Wildman–Crippen MR) is 76.1 cm³/mol. The Kier molecular flexibility index (Phi) is 5.59. The zero-order chi connectivity index (χ0) is 13.7. The number of carboxylic acids is 1. The van der Waals surface area contributed by atoms with Crippen molar-refractivity contribution in [3.05, 3.63) is 22.3 Å². The molecule has 0 aliphatic rings. The average Bonchev–Trinajstić information content (AvgIpc) is 2.30. The Balaban J connectivity index is 2.80. The number of halogens is 1. The molecule has 0 aliphatic heterocycles. The summed E-state index contributed by atoms with van der Waals surface area (Å²) in [6, 6.07) is 1.76. The number of pyridine rings is 1. The van der Waals surface area contributed by atoms with Crippen molar-refractivity contribution in [2.24, 2.45) is 5.92 Å². The van der Waals surface area contributed by atoms with Gasteiger partial charge in [-0.2, -0.15) is 0 Å². The number of nitrogens with one attached hydrogen (secondary N) is 1. The first-order valence-corrected chi connectivity index (χ1v) is 6.88. The second kappa shape index (κ2) is 6.73. The zero-order valence-electron chi connectivity index (χ0n) is 10.9. The van der Waals surface area contributed by atoms with E-state index in [-0.39, 0.29) is 11.6 Å². The van der Waals surface area contributed by atoms with Crippen molar-refractivity contribution >= 4 is 27.7 Å². The molecule has 4 nitrogen and oxygen atoms in total. The van der Waals surface area contributed by atoms with Crippen LogP contribution in [0.25, 0.3) is 0 Å². The fourth-order valence-electron chi connectivity index (χ4n) is 1.78. The van der Waals surface area contributed by atoms with Gasteiger partial charge < -0.3 is 10.4 Å². The van der Waals surface area contributed by atoms with Crippen molar-refractivity contribution in [2.75, 3.05) is 5.32 Å². The van der Waals surface area contributed by atoms with Gasteiger partial charge in [0.1, 0.15) is 11.4 Å². The van der Waals surface area contributed by atoms with Gasteiger partial charge in [0.05, 0.1) is 0 Å².